The lowest BCUT2D eigenvalue weighted by molar-refractivity contribution is -0.136. The van der Waals surface area contributed by atoms with E-state index in [-0.39, 0.29) is 12.2 Å². The molecule has 0 aliphatic rings. The molecule has 8 heteroatoms. The molecule has 0 saturated heterocycles. The van der Waals surface area contributed by atoms with Crippen molar-refractivity contribution in [3.8, 4) is 11.3 Å². The average Bonchev–Trinajstić information content (AvgIpc) is 2.90. The van der Waals surface area contributed by atoms with Crippen LogP contribution < -0.4 is 0 Å². The lowest BCUT2D eigenvalue weighted by Gasteiger charge is -2.00. The lowest BCUT2D eigenvalue weighted by atomic mass is 10.2. The van der Waals surface area contributed by atoms with E-state index in [2.05, 4.69) is 20.2 Å². The van der Waals surface area contributed by atoms with Gasteiger partial charge in [-0.25, -0.2) is 4.98 Å². The van der Waals surface area contributed by atoms with Crippen molar-refractivity contribution in [2.24, 2.45) is 7.05 Å². The van der Waals surface area contributed by atoms with E-state index >= 15 is 0 Å². The molecule has 3 aromatic heterocycles. The van der Waals surface area contributed by atoms with Gasteiger partial charge in [-0.15, -0.1) is 5.10 Å². The Labute approximate surface area is 113 Å². The van der Waals surface area contributed by atoms with E-state index in [0.717, 1.165) is 17.0 Å². The minimum atomic E-state index is -0.972. The molecule has 20 heavy (non-hydrogen) atoms. The van der Waals surface area contributed by atoms with Crippen molar-refractivity contribution < 1.29 is 9.90 Å². The van der Waals surface area contributed by atoms with E-state index in [0.29, 0.717) is 5.78 Å². The van der Waals surface area contributed by atoms with Crippen LogP contribution in [-0.2, 0) is 18.3 Å². The van der Waals surface area contributed by atoms with Crippen molar-refractivity contribution in [2.75, 3.05) is 0 Å². The Balaban J connectivity index is 2.18. The molecule has 0 spiro atoms. The predicted octanol–water partition coefficient (Wildman–Crippen LogP) is 0.460. The number of rotatable bonds is 3. The van der Waals surface area contributed by atoms with Gasteiger partial charge in [-0.3, -0.25) is 9.48 Å². The Morgan fingerprint density at radius 2 is 2.20 bits per heavy atom. The number of carbonyl (C=O) groups is 1. The van der Waals surface area contributed by atoms with Crippen LogP contribution in [0.3, 0.4) is 0 Å². The van der Waals surface area contributed by atoms with Crippen LogP contribution in [0.15, 0.2) is 18.5 Å². The van der Waals surface area contributed by atoms with E-state index in [1.807, 2.05) is 20.2 Å². The molecule has 102 valence electrons. The number of nitrogens with zero attached hydrogens (tertiary/aromatic N) is 6. The zero-order chi connectivity index (χ0) is 14.3. The molecule has 0 amide bonds. The minimum absolute atomic E-state index is 0.227. The summed E-state index contributed by atoms with van der Waals surface area (Å²) < 4.78 is 3.26. The summed E-state index contributed by atoms with van der Waals surface area (Å²) in [6.45, 7) is 1.90. The molecule has 8 nitrogen and oxygen atoms in total. The van der Waals surface area contributed by atoms with Gasteiger partial charge in [0.15, 0.2) is 5.82 Å². The molecular weight excluding hydrogens is 260 g/mol. The Morgan fingerprint density at radius 1 is 1.40 bits per heavy atom. The van der Waals surface area contributed by atoms with Crippen molar-refractivity contribution in [1.29, 1.82) is 0 Å². The van der Waals surface area contributed by atoms with Crippen LogP contribution >= 0.6 is 0 Å². The third-order valence-electron chi connectivity index (χ3n) is 2.88. The maximum atomic E-state index is 10.7. The van der Waals surface area contributed by atoms with Crippen LogP contribution in [0.25, 0.3) is 17.0 Å². The number of aryl methyl sites for hydroxylation is 2. The van der Waals surface area contributed by atoms with Crippen molar-refractivity contribution >= 4 is 11.7 Å². The van der Waals surface area contributed by atoms with Gasteiger partial charge in [0.1, 0.15) is 6.42 Å². The number of aromatic nitrogens is 6. The zero-order valence-corrected chi connectivity index (χ0v) is 11.0. The summed E-state index contributed by atoms with van der Waals surface area (Å²) in [6.07, 6.45) is 3.27. The summed E-state index contributed by atoms with van der Waals surface area (Å²) in [5.41, 5.74) is 2.55. The van der Waals surface area contributed by atoms with Crippen LogP contribution in [0, 0.1) is 6.92 Å². The predicted molar refractivity (Wildman–Crippen MR) is 69.1 cm³/mol. The summed E-state index contributed by atoms with van der Waals surface area (Å²) in [6, 6.07) is 1.80. The Morgan fingerprint density at radius 3 is 2.85 bits per heavy atom. The number of hydrogen-bond donors (Lipinski definition) is 1. The highest BCUT2D eigenvalue weighted by molar-refractivity contribution is 5.69. The second-order valence-corrected chi connectivity index (χ2v) is 4.44. The Bertz CT molecular complexity index is 803. The molecule has 3 aromatic rings. The number of aliphatic carboxylic acids is 1. The van der Waals surface area contributed by atoms with Gasteiger partial charge in [-0.2, -0.15) is 14.6 Å². The molecule has 0 fully saturated rings. The quantitative estimate of drug-likeness (QED) is 0.743. The lowest BCUT2D eigenvalue weighted by Crippen LogP contribution is -2.02. The largest absolute Gasteiger partial charge is 0.481 e. The monoisotopic (exact) mass is 272 g/mol. The molecule has 0 atom stereocenters. The number of carboxylic acid groups (broad SMARTS) is 1. The van der Waals surface area contributed by atoms with Gasteiger partial charge in [0.25, 0.3) is 5.78 Å². The van der Waals surface area contributed by atoms with Crippen LogP contribution in [0.5, 0.6) is 0 Å². The van der Waals surface area contributed by atoms with Gasteiger partial charge in [0.2, 0.25) is 0 Å². The Hall–Kier alpha value is -2.77. The van der Waals surface area contributed by atoms with E-state index in [1.54, 1.807) is 21.5 Å². The van der Waals surface area contributed by atoms with Crippen LogP contribution in [0.4, 0.5) is 0 Å². The molecule has 3 heterocycles. The van der Waals surface area contributed by atoms with Crippen LogP contribution in [0.2, 0.25) is 0 Å². The molecule has 0 aliphatic heterocycles. The summed E-state index contributed by atoms with van der Waals surface area (Å²) >= 11 is 0. The summed E-state index contributed by atoms with van der Waals surface area (Å²) in [5, 5.41) is 17.3. The van der Waals surface area contributed by atoms with Gasteiger partial charge in [-0.1, -0.05) is 0 Å². The van der Waals surface area contributed by atoms with Crippen molar-refractivity contribution in [3.05, 3.63) is 30.0 Å². The van der Waals surface area contributed by atoms with Gasteiger partial charge in [0.05, 0.1) is 11.4 Å². The highest BCUT2D eigenvalue weighted by atomic mass is 16.4. The summed E-state index contributed by atoms with van der Waals surface area (Å²) in [5.74, 6) is -0.360. The second kappa shape index (κ2) is 4.41. The molecular formula is C12H12N6O2. The fourth-order valence-corrected chi connectivity index (χ4v) is 2.10. The van der Waals surface area contributed by atoms with Crippen molar-refractivity contribution in [1.82, 2.24) is 29.4 Å². The van der Waals surface area contributed by atoms with Gasteiger partial charge in [-0.05, 0) is 13.0 Å². The van der Waals surface area contributed by atoms with Crippen molar-refractivity contribution in [2.45, 2.75) is 13.3 Å². The molecule has 0 saturated carbocycles. The molecule has 0 bridgehead atoms. The van der Waals surface area contributed by atoms with Crippen LogP contribution in [0.1, 0.15) is 11.5 Å². The van der Waals surface area contributed by atoms with Gasteiger partial charge in [0, 0.05) is 25.0 Å². The van der Waals surface area contributed by atoms with Crippen molar-refractivity contribution in [3.63, 3.8) is 0 Å². The molecule has 1 N–H and O–H groups in total. The normalized spacial score (nSPS) is 11.1. The highest BCUT2D eigenvalue weighted by Crippen LogP contribution is 2.21. The third-order valence-corrected chi connectivity index (χ3v) is 2.88. The maximum absolute atomic E-state index is 10.7. The maximum Gasteiger partial charge on any atom is 0.311 e. The topological polar surface area (TPSA) is 98.2 Å². The third kappa shape index (κ3) is 2.00. The SMILES string of the molecule is Cc1nn(C)cc1-c1ccnc2nc(CC(=O)O)nn12. The van der Waals surface area contributed by atoms with Gasteiger partial charge < -0.3 is 5.11 Å². The average molecular weight is 272 g/mol. The minimum Gasteiger partial charge on any atom is -0.481 e. The summed E-state index contributed by atoms with van der Waals surface area (Å²) in [4.78, 5) is 18.9. The number of carboxylic acids is 1. The first-order valence-corrected chi connectivity index (χ1v) is 5.97. The second-order valence-electron chi connectivity index (χ2n) is 4.44. The fourth-order valence-electron chi connectivity index (χ4n) is 2.10. The molecule has 0 unspecified atom stereocenters. The van der Waals surface area contributed by atoms with E-state index < -0.39 is 5.97 Å². The standard InChI is InChI=1S/C12H12N6O2/c1-7-8(6-17(2)15-7)9-3-4-13-12-14-10(5-11(19)20)16-18(9)12/h3-4,6H,5H2,1-2H3,(H,19,20). The fraction of sp³-hybridized carbons (Fsp3) is 0.250. The smallest absolute Gasteiger partial charge is 0.311 e. The molecule has 0 aliphatic carbocycles. The van der Waals surface area contributed by atoms with Crippen LogP contribution in [-0.4, -0.2) is 40.4 Å². The molecule has 0 radical (unpaired) electrons. The Kier molecular flexibility index (Phi) is 2.70. The first-order chi connectivity index (χ1) is 9.54. The van der Waals surface area contributed by atoms with Gasteiger partial charge >= 0.3 is 5.97 Å². The number of fused-ring (bicyclic) bond motifs is 1. The molecule has 0 aromatic carbocycles. The summed E-state index contributed by atoms with van der Waals surface area (Å²) in [7, 11) is 1.84. The number of hydrogen-bond acceptors (Lipinski definition) is 5. The van der Waals surface area contributed by atoms with E-state index in [4.69, 9.17) is 5.11 Å². The van der Waals surface area contributed by atoms with E-state index in [1.165, 1.54) is 0 Å². The first-order valence-electron chi connectivity index (χ1n) is 5.97. The first kappa shape index (κ1) is 12.3. The van der Waals surface area contributed by atoms with E-state index in [9.17, 15) is 4.79 Å². The molecule has 3 rings (SSSR count). The zero-order valence-electron chi connectivity index (χ0n) is 11.0. The highest BCUT2D eigenvalue weighted by Gasteiger charge is 2.14.